The van der Waals surface area contributed by atoms with Crippen molar-refractivity contribution in [3.05, 3.63) is 0 Å². The van der Waals surface area contributed by atoms with Gasteiger partial charge in [0.1, 0.15) is 0 Å². The second-order valence-corrected chi connectivity index (χ2v) is 6.63. The molecule has 0 aliphatic heterocycles. The van der Waals surface area contributed by atoms with Crippen LogP contribution < -0.4 is 5.32 Å². The summed E-state index contributed by atoms with van der Waals surface area (Å²) in [5.74, 6) is 0.0322. The highest BCUT2D eigenvalue weighted by atomic mass is 16.4. The van der Waals surface area contributed by atoms with Gasteiger partial charge in [-0.3, -0.25) is 9.59 Å². The molecule has 0 aromatic carbocycles. The van der Waals surface area contributed by atoms with E-state index < -0.39 is 11.5 Å². The monoisotopic (exact) mass is 271 g/mol. The fourth-order valence-electron chi connectivity index (χ4n) is 2.28. The first-order chi connectivity index (χ1) is 8.56. The third kappa shape index (κ3) is 7.19. The van der Waals surface area contributed by atoms with Crippen LogP contribution in [0.15, 0.2) is 0 Å². The molecule has 112 valence electrons. The molecule has 0 aromatic rings. The van der Waals surface area contributed by atoms with E-state index in [2.05, 4.69) is 26.1 Å². The van der Waals surface area contributed by atoms with Crippen molar-refractivity contribution in [3.63, 3.8) is 0 Å². The zero-order valence-corrected chi connectivity index (χ0v) is 13.1. The van der Waals surface area contributed by atoms with Crippen LogP contribution in [-0.4, -0.2) is 22.5 Å². The molecule has 4 heteroatoms. The van der Waals surface area contributed by atoms with Gasteiger partial charge in [0.15, 0.2) is 0 Å². The fourth-order valence-corrected chi connectivity index (χ4v) is 2.28. The van der Waals surface area contributed by atoms with Crippen molar-refractivity contribution in [1.29, 1.82) is 0 Å². The van der Waals surface area contributed by atoms with Crippen LogP contribution in [0.25, 0.3) is 0 Å². The number of rotatable bonds is 8. The van der Waals surface area contributed by atoms with E-state index in [-0.39, 0.29) is 18.2 Å². The second kappa shape index (κ2) is 7.51. The van der Waals surface area contributed by atoms with Gasteiger partial charge in [0.05, 0.1) is 6.42 Å². The Bertz CT molecular complexity index is 313. The number of carboxylic acid groups (broad SMARTS) is 1. The zero-order chi connectivity index (χ0) is 15.2. The Morgan fingerprint density at radius 3 is 2.05 bits per heavy atom. The Morgan fingerprint density at radius 2 is 1.68 bits per heavy atom. The van der Waals surface area contributed by atoms with E-state index in [0.717, 1.165) is 6.42 Å². The minimum absolute atomic E-state index is 0.0467. The average Bonchev–Trinajstić information content (AvgIpc) is 2.12. The van der Waals surface area contributed by atoms with Gasteiger partial charge in [0.2, 0.25) is 5.91 Å². The summed E-state index contributed by atoms with van der Waals surface area (Å²) >= 11 is 0. The number of hydrogen-bond donors (Lipinski definition) is 2. The van der Waals surface area contributed by atoms with Crippen LogP contribution in [0.3, 0.4) is 0 Å². The minimum atomic E-state index is -0.883. The van der Waals surface area contributed by atoms with Crippen LogP contribution in [0, 0.1) is 17.8 Å². The lowest BCUT2D eigenvalue weighted by Crippen LogP contribution is -2.51. The van der Waals surface area contributed by atoms with Crippen LogP contribution in [0.1, 0.15) is 60.8 Å². The van der Waals surface area contributed by atoms with Gasteiger partial charge < -0.3 is 10.4 Å². The van der Waals surface area contributed by atoms with Crippen molar-refractivity contribution in [2.24, 2.45) is 17.8 Å². The lowest BCUT2D eigenvalue weighted by atomic mass is 9.84. The lowest BCUT2D eigenvalue weighted by molar-refractivity contribution is -0.139. The lowest BCUT2D eigenvalue weighted by Gasteiger charge is -2.34. The summed E-state index contributed by atoms with van der Waals surface area (Å²) in [5, 5.41) is 11.9. The quantitative estimate of drug-likeness (QED) is 0.713. The average molecular weight is 271 g/mol. The summed E-state index contributed by atoms with van der Waals surface area (Å²) in [4.78, 5) is 22.9. The molecule has 0 aromatic heterocycles. The highest BCUT2D eigenvalue weighted by molar-refractivity contribution is 5.78. The number of carboxylic acids is 1. The SMILES string of the molecule is CC(C)CC(C)CC(=O)NC(C)(CC(=O)O)C(C)C. The molecule has 19 heavy (non-hydrogen) atoms. The first-order valence-electron chi connectivity index (χ1n) is 7.09. The maximum atomic E-state index is 12.0. The molecular formula is C15H29NO3. The molecule has 2 atom stereocenters. The Hall–Kier alpha value is -1.06. The molecule has 0 bridgehead atoms. The summed E-state index contributed by atoms with van der Waals surface area (Å²) in [6.45, 7) is 12.0. The predicted octanol–water partition coefficient (Wildman–Crippen LogP) is 3.06. The van der Waals surface area contributed by atoms with Crippen LogP contribution >= 0.6 is 0 Å². The van der Waals surface area contributed by atoms with Gasteiger partial charge in [-0.25, -0.2) is 0 Å². The zero-order valence-electron chi connectivity index (χ0n) is 13.1. The van der Waals surface area contributed by atoms with Crippen molar-refractivity contribution >= 4 is 11.9 Å². The topological polar surface area (TPSA) is 66.4 Å². The Morgan fingerprint density at radius 1 is 1.16 bits per heavy atom. The van der Waals surface area contributed by atoms with Crippen LogP contribution in [0.4, 0.5) is 0 Å². The highest BCUT2D eigenvalue weighted by Gasteiger charge is 2.32. The Balaban J connectivity index is 4.52. The maximum Gasteiger partial charge on any atom is 0.305 e. The number of aliphatic carboxylic acids is 1. The first kappa shape index (κ1) is 17.9. The highest BCUT2D eigenvalue weighted by Crippen LogP contribution is 2.22. The predicted molar refractivity (Wildman–Crippen MR) is 76.9 cm³/mol. The largest absolute Gasteiger partial charge is 0.481 e. The molecule has 0 aliphatic carbocycles. The number of nitrogens with one attached hydrogen (secondary N) is 1. The summed E-state index contributed by atoms with van der Waals surface area (Å²) in [6.07, 6.45) is 1.42. The molecule has 0 heterocycles. The van der Waals surface area contributed by atoms with Gasteiger partial charge in [-0.05, 0) is 31.1 Å². The molecule has 2 unspecified atom stereocenters. The third-order valence-corrected chi connectivity index (χ3v) is 3.63. The van der Waals surface area contributed by atoms with Crippen molar-refractivity contribution in [2.75, 3.05) is 0 Å². The van der Waals surface area contributed by atoms with Gasteiger partial charge in [0, 0.05) is 12.0 Å². The molecule has 1 amide bonds. The second-order valence-electron chi connectivity index (χ2n) is 6.63. The minimum Gasteiger partial charge on any atom is -0.481 e. The number of carbonyl (C=O) groups is 2. The molecule has 0 spiro atoms. The molecular weight excluding hydrogens is 242 g/mol. The molecule has 0 rings (SSSR count). The molecule has 2 N–H and O–H groups in total. The summed E-state index contributed by atoms with van der Waals surface area (Å²) in [5.41, 5.74) is -0.680. The van der Waals surface area contributed by atoms with Crippen molar-refractivity contribution in [3.8, 4) is 0 Å². The van der Waals surface area contributed by atoms with Crippen molar-refractivity contribution in [2.45, 2.75) is 66.3 Å². The van der Waals surface area contributed by atoms with Crippen LogP contribution in [0.5, 0.6) is 0 Å². The van der Waals surface area contributed by atoms with E-state index in [1.165, 1.54) is 0 Å². The molecule has 0 aliphatic rings. The summed E-state index contributed by atoms with van der Waals surface area (Å²) in [7, 11) is 0. The van der Waals surface area contributed by atoms with Gasteiger partial charge in [-0.2, -0.15) is 0 Å². The van der Waals surface area contributed by atoms with E-state index >= 15 is 0 Å². The normalized spacial score (nSPS) is 16.2. The first-order valence-corrected chi connectivity index (χ1v) is 7.09. The molecule has 0 saturated carbocycles. The fraction of sp³-hybridized carbons (Fsp3) is 0.867. The van der Waals surface area contributed by atoms with E-state index in [1.807, 2.05) is 13.8 Å². The number of carbonyl (C=O) groups excluding carboxylic acids is 1. The van der Waals surface area contributed by atoms with Gasteiger partial charge in [0.25, 0.3) is 0 Å². The van der Waals surface area contributed by atoms with E-state index in [4.69, 9.17) is 5.11 Å². The van der Waals surface area contributed by atoms with E-state index in [9.17, 15) is 9.59 Å². The Labute approximate surface area is 117 Å². The van der Waals surface area contributed by atoms with E-state index in [0.29, 0.717) is 18.3 Å². The smallest absolute Gasteiger partial charge is 0.305 e. The Kier molecular flexibility index (Phi) is 7.09. The van der Waals surface area contributed by atoms with Crippen LogP contribution in [-0.2, 0) is 9.59 Å². The summed E-state index contributed by atoms with van der Waals surface area (Å²) < 4.78 is 0. The third-order valence-electron chi connectivity index (χ3n) is 3.63. The van der Waals surface area contributed by atoms with Gasteiger partial charge in [-0.1, -0.05) is 34.6 Å². The van der Waals surface area contributed by atoms with Gasteiger partial charge >= 0.3 is 5.97 Å². The molecule has 0 radical (unpaired) electrons. The summed E-state index contributed by atoms with van der Waals surface area (Å²) in [6, 6.07) is 0. The molecule has 4 nitrogen and oxygen atoms in total. The number of amides is 1. The van der Waals surface area contributed by atoms with Crippen LogP contribution in [0.2, 0.25) is 0 Å². The van der Waals surface area contributed by atoms with Crippen molar-refractivity contribution < 1.29 is 14.7 Å². The van der Waals surface area contributed by atoms with Crippen molar-refractivity contribution in [1.82, 2.24) is 5.32 Å². The van der Waals surface area contributed by atoms with Gasteiger partial charge in [-0.15, -0.1) is 0 Å². The maximum absolute atomic E-state index is 12.0. The number of hydrogen-bond acceptors (Lipinski definition) is 2. The standard InChI is InChI=1S/C15H29NO3/c1-10(2)7-12(5)8-13(17)16-15(6,11(3)4)9-14(18)19/h10-12H,7-9H2,1-6H3,(H,16,17)(H,18,19). The molecule has 0 fully saturated rings. The van der Waals surface area contributed by atoms with E-state index in [1.54, 1.807) is 6.92 Å². The molecule has 0 saturated heterocycles.